The van der Waals surface area contributed by atoms with Crippen LogP contribution in [0.5, 0.6) is 5.75 Å². The molecule has 0 aliphatic carbocycles. The van der Waals surface area contributed by atoms with Gasteiger partial charge in [0.2, 0.25) is 5.84 Å². The second kappa shape index (κ2) is 8.10. The molecule has 0 atom stereocenters. The zero-order valence-electron chi connectivity index (χ0n) is 14.2. The van der Waals surface area contributed by atoms with Crippen molar-refractivity contribution in [1.82, 2.24) is 14.8 Å². The Morgan fingerprint density at radius 1 is 1.12 bits per heavy atom. The summed E-state index contributed by atoms with van der Waals surface area (Å²) in [4.78, 5) is 9.39. The van der Waals surface area contributed by atoms with Gasteiger partial charge in [-0.1, -0.05) is 47.6 Å². The molecule has 0 radical (unpaired) electrons. The molecule has 3 aromatic rings. The van der Waals surface area contributed by atoms with E-state index in [1.807, 2.05) is 68.4 Å². The Balaban J connectivity index is 1.81. The largest absolute Gasteiger partial charge is 0.489 e. The van der Waals surface area contributed by atoms with Gasteiger partial charge >= 0.3 is 0 Å². The molecule has 0 N–H and O–H groups in total. The quantitative estimate of drug-likeness (QED) is 0.393. The van der Waals surface area contributed by atoms with Crippen LogP contribution in [0.3, 0.4) is 0 Å². The van der Waals surface area contributed by atoms with Crippen molar-refractivity contribution >= 4 is 5.84 Å². The van der Waals surface area contributed by atoms with E-state index >= 15 is 0 Å². The lowest BCUT2D eigenvalue weighted by Gasteiger charge is -2.11. The smallest absolute Gasteiger partial charge is 0.201 e. The highest BCUT2D eigenvalue weighted by atomic mass is 16.6. The van der Waals surface area contributed by atoms with E-state index in [1.54, 1.807) is 11.0 Å². The third kappa shape index (κ3) is 4.67. The minimum Gasteiger partial charge on any atom is -0.489 e. The number of rotatable bonds is 6. The Labute approximate surface area is 146 Å². The van der Waals surface area contributed by atoms with Crippen molar-refractivity contribution in [2.75, 3.05) is 0 Å². The summed E-state index contributed by atoms with van der Waals surface area (Å²) in [6.45, 7) is 4.34. The topological polar surface area (TPSA) is 61.5 Å². The zero-order chi connectivity index (χ0) is 17.5. The maximum atomic E-state index is 5.88. The minimum absolute atomic E-state index is 0.0314. The van der Waals surface area contributed by atoms with Gasteiger partial charge in [0.1, 0.15) is 31.1 Å². The van der Waals surface area contributed by atoms with Gasteiger partial charge in [-0.15, -0.1) is 0 Å². The van der Waals surface area contributed by atoms with Crippen LogP contribution in [0.4, 0.5) is 0 Å². The molecule has 0 fully saturated rings. The first-order valence-corrected chi connectivity index (χ1v) is 8.08. The molecule has 0 spiro atoms. The van der Waals surface area contributed by atoms with Gasteiger partial charge in [0, 0.05) is 5.56 Å². The molecule has 0 amide bonds. The first-order chi connectivity index (χ1) is 12.2. The average Bonchev–Trinajstić information content (AvgIpc) is 3.16. The normalized spacial score (nSPS) is 11.6. The molecule has 0 aliphatic rings. The zero-order valence-corrected chi connectivity index (χ0v) is 14.2. The minimum atomic E-state index is -0.0314. The molecule has 2 aromatic carbocycles. The van der Waals surface area contributed by atoms with Crippen LogP contribution in [-0.2, 0) is 11.4 Å². The van der Waals surface area contributed by atoms with E-state index in [0.717, 1.165) is 16.9 Å². The lowest BCUT2D eigenvalue weighted by atomic mass is 10.2. The van der Waals surface area contributed by atoms with Crippen LogP contribution in [0.2, 0.25) is 0 Å². The maximum absolute atomic E-state index is 5.88. The lowest BCUT2D eigenvalue weighted by molar-refractivity contribution is 0.0851. The molecular formula is C19H20N4O2. The Bertz CT molecular complexity index is 814. The summed E-state index contributed by atoms with van der Waals surface area (Å²) in [7, 11) is 0. The number of hydrogen-bond acceptors (Lipinski definition) is 5. The van der Waals surface area contributed by atoms with Crippen molar-refractivity contribution in [2.24, 2.45) is 5.16 Å². The molecule has 6 nitrogen and oxygen atoms in total. The van der Waals surface area contributed by atoms with Gasteiger partial charge in [0.15, 0.2) is 0 Å². The molecule has 1 aromatic heterocycles. The molecule has 1 heterocycles. The number of nitrogens with zero attached hydrogens (tertiary/aromatic N) is 4. The van der Waals surface area contributed by atoms with Crippen molar-refractivity contribution in [2.45, 2.75) is 26.6 Å². The van der Waals surface area contributed by atoms with Gasteiger partial charge in [0.05, 0.1) is 0 Å². The summed E-state index contributed by atoms with van der Waals surface area (Å²) in [5, 5.41) is 8.36. The van der Waals surface area contributed by atoms with E-state index in [-0.39, 0.29) is 6.10 Å². The van der Waals surface area contributed by atoms with Crippen LogP contribution in [0.25, 0.3) is 0 Å². The molecule has 0 saturated heterocycles. The molecule has 0 aliphatic heterocycles. The summed E-state index contributed by atoms with van der Waals surface area (Å²) >= 11 is 0. The predicted molar refractivity (Wildman–Crippen MR) is 95.4 cm³/mol. The van der Waals surface area contributed by atoms with Crippen LogP contribution in [-0.4, -0.2) is 26.7 Å². The SMILES string of the molecule is CC(C)ON=C(c1cccc(OCc2ccccc2)c1)n1cncn1. The van der Waals surface area contributed by atoms with Gasteiger partial charge in [-0.3, -0.25) is 0 Å². The van der Waals surface area contributed by atoms with Gasteiger partial charge in [0.25, 0.3) is 0 Å². The van der Waals surface area contributed by atoms with Crippen molar-refractivity contribution in [3.8, 4) is 5.75 Å². The van der Waals surface area contributed by atoms with Crippen molar-refractivity contribution in [1.29, 1.82) is 0 Å². The third-order valence-corrected chi connectivity index (χ3v) is 3.33. The summed E-state index contributed by atoms with van der Waals surface area (Å²) in [5.41, 5.74) is 1.94. The highest BCUT2D eigenvalue weighted by molar-refractivity contribution is 5.99. The lowest BCUT2D eigenvalue weighted by Crippen LogP contribution is -2.16. The van der Waals surface area contributed by atoms with Gasteiger partial charge in [-0.25, -0.2) is 4.98 Å². The van der Waals surface area contributed by atoms with E-state index in [1.165, 1.54) is 6.33 Å². The van der Waals surface area contributed by atoms with Gasteiger partial charge in [-0.2, -0.15) is 9.78 Å². The first kappa shape index (κ1) is 16.7. The number of oxime groups is 1. The van der Waals surface area contributed by atoms with Crippen LogP contribution < -0.4 is 4.74 Å². The fourth-order valence-corrected chi connectivity index (χ4v) is 2.17. The third-order valence-electron chi connectivity index (χ3n) is 3.33. The van der Waals surface area contributed by atoms with E-state index in [0.29, 0.717) is 12.4 Å². The molecule has 3 rings (SSSR count). The number of ether oxygens (including phenoxy) is 1. The predicted octanol–water partition coefficient (Wildman–Crippen LogP) is 3.49. The van der Waals surface area contributed by atoms with Gasteiger partial charge < -0.3 is 9.57 Å². The second-order valence-corrected chi connectivity index (χ2v) is 5.71. The van der Waals surface area contributed by atoms with Crippen LogP contribution in [0.1, 0.15) is 25.0 Å². The number of benzene rings is 2. The van der Waals surface area contributed by atoms with Crippen molar-refractivity contribution in [3.63, 3.8) is 0 Å². The second-order valence-electron chi connectivity index (χ2n) is 5.71. The van der Waals surface area contributed by atoms with Crippen LogP contribution in [0.15, 0.2) is 72.4 Å². The fourth-order valence-electron chi connectivity index (χ4n) is 2.17. The molecule has 0 unspecified atom stereocenters. The molecule has 0 bridgehead atoms. The highest BCUT2D eigenvalue weighted by Crippen LogP contribution is 2.17. The Morgan fingerprint density at radius 3 is 2.68 bits per heavy atom. The summed E-state index contributed by atoms with van der Waals surface area (Å²) in [6.07, 6.45) is 3.01. The van der Waals surface area contributed by atoms with Crippen LogP contribution in [0, 0.1) is 0 Å². The maximum Gasteiger partial charge on any atom is 0.201 e. The van der Waals surface area contributed by atoms with Crippen molar-refractivity contribution < 1.29 is 9.57 Å². The summed E-state index contributed by atoms with van der Waals surface area (Å²) in [5.74, 6) is 1.30. The fraction of sp³-hybridized carbons (Fsp3) is 0.211. The molecule has 0 saturated carbocycles. The highest BCUT2D eigenvalue weighted by Gasteiger charge is 2.10. The van der Waals surface area contributed by atoms with Crippen molar-refractivity contribution in [3.05, 3.63) is 78.4 Å². The first-order valence-electron chi connectivity index (χ1n) is 8.08. The Kier molecular flexibility index (Phi) is 5.41. The summed E-state index contributed by atoms with van der Waals surface area (Å²) < 4.78 is 7.45. The van der Waals surface area contributed by atoms with Crippen LogP contribution >= 0.6 is 0 Å². The number of hydrogen-bond donors (Lipinski definition) is 0. The molecule has 25 heavy (non-hydrogen) atoms. The van der Waals surface area contributed by atoms with E-state index < -0.39 is 0 Å². The standard InChI is InChI=1S/C19H20N4O2/c1-15(2)25-22-19(23-14-20-13-21-23)17-9-6-10-18(11-17)24-12-16-7-4-3-5-8-16/h3-11,13-15H,12H2,1-2H3. The average molecular weight is 336 g/mol. The van der Waals surface area contributed by atoms with Gasteiger partial charge in [-0.05, 0) is 31.5 Å². The molecule has 6 heteroatoms. The van der Waals surface area contributed by atoms with E-state index in [2.05, 4.69) is 15.2 Å². The Hall–Kier alpha value is -3.15. The number of aromatic nitrogens is 3. The van der Waals surface area contributed by atoms with E-state index in [4.69, 9.17) is 9.57 Å². The van der Waals surface area contributed by atoms with E-state index in [9.17, 15) is 0 Å². The Morgan fingerprint density at radius 2 is 1.96 bits per heavy atom. The summed E-state index contributed by atoms with van der Waals surface area (Å²) in [6, 6.07) is 17.7. The molecular weight excluding hydrogens is 316 g/mol. The molecule has 128 valence electrons. The monoisotopic (exact) mass is 336 g/mol.